The van der Waals surface area contributed by atoms with Gasteiger partial charge in [-0.05, 0) is 29.1 Å². The van der Waals surface area contributed by atoms with E-state index in [0.717, 1.165) is 10.4 Å². The van der Waals surface area contributed by atoms with Gasteiger partial charge >= 0.3 is 0 Å². The summed E-state index contributed by atoms with van der Waals surface area (Å²) in [7, 11) is 0. The zero-order valence-corrected chi connectivity index (χ0v) is 15.1. The second kappa shape index (κ2) is 8.91. The van der Waals surface area contributed by atoms with Crippen LogP contribution in [0.2, 0.25) is 0 Å². The van der Waals surface area contributed by atoms with Crippen molar-refractivity contribution in [1.29, 1.82) is 0 Å². The Labute approximate surface area is 155 Å². The number of rotatable bonds is 6. The van der Waals surface area contributed by atoms with E-state index in [9.17, 15) is 14.0 Å². The first kappa shape index (κ1) is 18.5. The molecule has 2 heterocycles. The Morgan fingerprint density at radius 2 is 1.88 bits per heavy atom. The van der Waals surface area contributed by atoms with E-state index in [2.05, 4.69) is 5.32 Å². The molecule has 2 aromatic rings. The van der Waals surface area contributed by atoms with Crippen molar-refractivity contribution in [3.8, 4) is 0 Å². The van der Waals surface area contributed by atoms with Gasteiger partial charge in [-0.1, -0.05) is 18.2 Å². The van der Waals surface area contributed by atoms with Gasteiger partial charge in [0.25, 0.3) is 0 Å². The lowest BCUT2D eigenvalue weighted by Crippen LogP contribution is -2.41. The number of halogens is 1. The van der Waals surface area contributed by atoms with E-state index in [-0.39, 0.29) is 36.5 Å². The third kappa shape index (κ3) is 4.89. The molecule has 7 heteroatoms. The fourth-order valence-electron chi connectivity index (χ4n) is 2.85. The number of benzene rings is 1. The van der Waals surface area contributed by atoms with Crippen LogP contribution in [0.3, 0.4) is 0 Å². The van der Waals surface area contributed by atoms with Crippen LogP contribution in [-0.2, 0) is 14.3 Å². The first-order chi connectivity index (χ1) is 12.6. The fraction of sp³-hybridized carbons (Fsp3) is 0.368. The van der Waals surface area contributed by atoms with E-state index in [1.165, 1.54) is 23.5 Å². The molecule has 138 valence electrons. The van der Waals surface area contributed by atoms with E-state index in [1.54, 1.807) is 17.0 Å². The molecule has 0 unspecified atom stereocenters. The number of carbonyl (C=O) groups excluding carboxylic acids is 2. The number of hydrogen-bond donors (Lipinski definition) is 1. The highest BCUT2D eigenvalue weighted by Crippen LogP contribution is 2.26. The number of ether oxygens (including phenoxy) is 1. The molecule has 0 spiro atoms. The van der Waals surface area contributed by atoms with Crippen molar-refractivity contribution in [1.82, 2.24) is 10.2 Å². The Hall–Kier alpha value is -2.25. The van der Waals surface area contributed by atoms with Gasteiger partial charge in [-0.25, -0.2) is 4.39 Å². The summed E-state index contributed by atoms with van der Waals surface area (Å²) in [4.78, 5) is 27.3. The average Bonchev–Trinajstić information content (AvgIpc) is 3.20. The molecule has 26 heavy (non-hydrogen) atoms. The van der Waals surface area contributed by atoms with Crippen molar-refractivity contribution >= 4 is 23.2 Å². The van der Waals surface area contributed by atoms with Crippen LogP contribution in [0, 0.1) is 5.82 Å². The quantitative estimate of drug-likeness (QED) is 0.843. The summed E-state index contributed by atoms with van der Waals surface area (Å²) in [5.74, 6) is -0.548. The van der Waals surface area contributed by atoms with Gasteiger partial charge in [-0.15, -0.1) is 11.3 Å². The Balaban J connectivity index is 1.60. The third-order valence-corrected chi connectivity index (χ3v) is 5.20. The largest absolute Gasteiger partial charge is 0.378 e. The van der Waals surface area contributed by atoms with Crippen LogP contribution in [0.1, 0.15) is 29.3 Å². The molecule has 1 atom stereocenters. The van der Waals surface area contributed by atoms with Crippen LogP contribution in [0.25, 0.3) is 0 Å². The lowest BCUT2D eigenvalue weighted by Gasteiger charge is -2.27. The minimum atomic E-state index is -0.346. The zero-order valence-electron chi connectivity index (χ0n) is 14.3. The Morgan fingerprint density at radius 1 is 1.15 bits per heavy atom. The van der Waals surface area contributed by atoms with Crippen molar-refractivity contribution in [2.45, 2.75) is 18.9 Å². The molecule has 1 saturated heterocycles. The molecule has 1 aliphatic rings. The van der Waals surface area contributed by atoms with Gasteiger partial charge in [0, 0.05) is 30.8 Å². The Bertz CT molecular complexity index is 728. The summed E-state index contributed by atoms with van der Waals surface area (Å²) in [5.41, 5.74) is 0.807. The maximum Gasteiger partial charge on any atom is 0.223 e. The molecular formula is C19H21FN2O3S. The minimum Gasteiger partial charge on any atom is -0.378 e. The van der Waals surface area contributed by atoms with E-state index in [4.69, 9.17) is 4.74 Å². The smallest absolute Gasteiger partial charge is 0.223 e. The molecule has 1 fully saturated rings. The van der Waals surface area contributed by atoms with Crippen molar-refractivity contribution < 1.29 is 18.7 Å². The molecule has 5 nitrogen and oxygen atoms in total. The lowest BCUT2D eigenvalue weighted by molar-refractivity contribution is -0.137. The molecule has 0 bridgehead atoms. The SMILES string of the molecule is O=C(CCC(=O)N1CCOCC1)N[C@H](c1ccc(F)cc1)c1cccs1. The summed E-state index contributed by atoms with van der Waals surface area (Å²) < 4.78 is 18.4. The maximum absolute atomic E-state index is 13.2. The number of carbonyl (C=O) groups is 2. The first-order valence-corrected chi connectivity index (χ1v) is 9.45. The molecule has 0 radical (unpaired) electrons. The minimum absolute atomic E-state index is 0.0297. The van der Waals surface area contributed by atoms with Gasteiger partial charge in [-0.3, -0.25) is 9.59 Å². The molecule has 0 aliphatic carbocycles. The second-order valence-corrected chi connectivity index (χ2v) is 7.04. The molecule has 3 rings (SSSR count). The summed E-state index contributed by atoms with van der Waals surface area (Å²) in [6, 6.07) is 9.58. The van der Waals surface area contributed by atoms with Gasteiger partial charge in [0.05, 0.1) is 19.3 Å². The van der Waals surface area contributed by atoms with E-state index < -0.39 is 0 Å². The summed E-state index contributed by atoms with van der Waals surface area (Å²) >= 11 is 1.52. The van der Waals surface area contributed by atoms with E-state index in [1.807, 2.05) is 17.5 Å². The standard InChI is InChI=1S/C19H21FN2O3S/c20-15-5-3-14(4-6-15)19(16-2-1-13-26-16)21-17(23)7-8-18(24)22-9-11-25-12-10-22/h1-6,13,19H,7-12H2,(H,21,23)/t19-/m1/s1. The van der Waals surface area contributed by atoms with Crippen LogP contribution >= 0.6 is 11.3 Å². The molecular weight excluding hydrogens is 355 g/mol. The topological polar surface area (TPSA) is 58.6 Å². The predicted octanol–water partition coefficient (Wildman–Crippen LogP) is 2.73. The predicted molar refractivity (Wildman–Crippen MR) is 97.3 cm³/mol. The lowest BCUT2D eigenvalue weighted by atomic mass is 10.0. The Kier molecular flexibility index (Phi) is 6.35. The highest BCUT2D eigenvalue weighted by Gasteiger charge is 2.21. The first-order valence-electron chi connectivity index (χ1n) is 8.57. The fourth-order valence-corrected chi connectivity index (χ4v) is 3.66. The highest BCUT2D eigenvalue weighted by atomic mass is 32.1. The van der Waals surface area contributed by atoms with Crippen molar-refractivity contribution in [3.63, 3.8) is 0 Å². The molecule has 1 N–H and O–H groups in total. The van der Waals surface area contributed by atoms with Crippen molar-refractivity contribution in [3.05, 3.63) is 58.0 Å². The van der Waals surface area contributed by atoms with Gasteiger partial charge in [0.15, 0.2) is 0 Å². The number of morpholine rings is 1. The van der Waals surface area contributed by atoms with E-state index >= 15 is 0 Å². The third-order valence-electron chi connectivity index (χ3n) is 4.27. The van der Waals surface area contributed by atoms with Gasteiger partial charge in [-0.2, -0.15) is 0 Å². The number of amides is 2. The number of thiophene rings is 1. The second-order valence-electron chi connectivity index (χ2n) is 6.06. The number of nitrogens with one attached hydrogen (secondary N) is 1. The van der Waals surface area contributed by atoms with Crippen LogP contribution in [0.15, 0.2) is 41.8 Å². The molecule has 0 saturated carbocycles. The Morgan fingerprint density at radius 3 is 2.54 bits per heavy atom. The molecule has 1 aliphatic heterocycles. The van der Waals surface area contributed by atoms with Gasteiger partial charge in [0.1, 0.15) is 5.82 Å². The maximum atomic E-state index is 13.2. The summed E-state index contributed by atoms with van der Waals surface area (Å²) in [6.07, 6.45) is 0.297. The highest BCUT2D eigenvalue weighted by molar-refractivity contribution is 7.10. The van der Waals surface area contributed by atoms with Crippen LogP contribution in [0.4, 0.5) is 4.39 Å². The van der Waals surface area contributed by atoms with Crippen LogP contribution < -0.4 is 5.32 Å². The van der Waals surface area contributed by atoms with Gasteiger partial charge in [0.2, 0.25) is 11.8 Å². The van der Waals surface area contributed by atoms with Crippen LogP contribution in [-0.4, -0.2) is 43.0 Å². The molecule has 1 aromatic carbocycles. The number of hydrogen-bond acceptors (Lipinski definition) is 4. The van der Waals surface area contributed by atoms with Crippen molar-refractivity contribution in [2.75, 3.05) is 26.3 Å². The zero-order chi connectivity index (χ0) is 18.4. The average molecular weight is 376 g/mol. The molecule has 1 aromatic heterocycles. The monoisotopic (exact) mass is 376 g/mol. The molecule has 2 amide bonds. The summed E-state index contributed by atoms with van der Waals surface area (Å²) in [6.45, 7) is 2.24. The van der Waals surface area contributed by atoms with E-state index in [0.29, 0.717) is 26.3 Å². The number of nitrogens with zero attached hydrogens (tertiary/aromatic N) is 1. The normalized spacial score (nSPS) is 15.5. The summed E-state index contributed by atoms with van der Waals surface area (Å²) in [5, 5.41) is 4.90. The van der Waals surface area contributed by atoms with Crippen molar-refractivity contribution in [2.24, 2.45) is 0 Å². The van der Waals surface area contributed by atoms with Gasteiger partial charge < -0.3 is 15.0 Å². The van der Waals surface area contributed by atoms with Crippen LogP contribution in [0.5, 0.6) is 0 Å².